The van der Waals surface area contributed by atoms with Crippen molar-refractivity contribution >= 4 is 0 Å². The SMILES string of the molecule is CC12CCC1N(Cc1ccccc1)CC2. The molecule has 1 aromatic carbocycles. The predicted molar refractivity (Wildman–Crippen MR) is 62.6 cm³/mol. The molecule has 1 heteroatoms. The molecule has 1 aliphatic heterocycles. The van der Waals surface area contributed by atoms with Crippen LogP contribution in [0.4, 0.5) is 0 Å². The lowest BCUT2D eigenvalue weighted by Gasteiger charge is -2.45. The molecule has 1 nitrogen and oxygen atoms in total. The number of rotatable bonds is 2. The Morgan fingerprint density at radius 3 is 2.67 bits per heavy atom. The summed E-state index contributed by atoms with van der Waals surface area (Å²) < 4.78 is 0. The molecule has 0 spiro atoms. The van der Waals surface area contributed by atoms with Crippen LogP contribution in [-0.2, 0) is 6.54 Å². The fraction of sp³-hybridized carbons (Fsp3) is 0.571. The molecule has 80 valence electrons. The minimum absolute atomic E-state index is 0.661. The zero-order chi connectivity index (χ0) is 10.3. The van der Waals surface area contributed by atoms with E-state index in [9.17, 15) is 0 Å². The standard InChI is InChI=1S/C14H19N/c1-14-8-7-13(14)15(10-9-14)11-12-5-3-2-4-6-12/h2-6,13H,7-11H2,1H3. The van der Waals surface area contributed by atoms with Gasteiger partial charge < -0.3 is 0 Å². The highest BCUT2D eigenvalue weighted by Gasteiger charge is 2.49. The highest BCUT2D eigenvalue weighted by Crippen LogP contribution is 2.51. The van der Waals surface area contributed by atoms with Crippen LogP contribution in [0.2, 0.25) is 0 Å². The normalized spacial score (nSPS) is 34.9. The van der Waals surface area contributed by atoms with Crippen molar-refractivity contribution in [2.45, 2.75) is 38.8 Å². The summed E-state index contributed by atoms with van der Waals surface area (Å²) in [7, 11) is 0. The van der Waals surface area contributed by atoms with E-state index >= 15 is 0 Å². The van der Waals surface area contributed by atoms with Crippen molar-refractivity contribution in [3.05, 3.63) is 35.9 Å². The van der Waals surface area contributed by atoms with Crippen LogP contribution in [0, 0.1) is 5.41 Å². The maximum atomic E-state index is 2.68. The van der Waals surface area contributed by atoms with Crippen LogP contribution in [0.1, 0.15) is 31.7 Å². The molecule has 0 radical (unpaired) electrons. The van der Waals surface area contributed by atoms with Gasteiger partial charge in [-0.1, -0.05) is 37.3 Å². The van der Waals surface area contributed by atoms with Crippen LogP contribution in [0.5, 0.6) is 0 Å². The summed E-state index contributed by atoms with van der Waals surface area (Å²) in [5, 5.41) is 0. The topological polar surface area (TPSA) is 3.24 Å². The Bertz CT molecular complexity index is 346. The minimum Gasteiger partial charge on any atom is -0.296 e. The first kappa shape index (κ1) is 9.41. The quantitative estimate of drug-likeness (QED) is 0.711. The molecule has 2 atom stereocenters. The summed E-state index contributed by atoms with van der Waals surface area (Å²) in [6.45, 7) is 4.92. The molecule has 0 bridgehead atoms. The Balaban J connectivity index is 1.70. The van der Waals surface area contributed by atoms with Crippen LogP contribution in [0.25, 0.3) is 0 Å². The third kappa shape index (κ3) is 1.50. The Kier molecular flexibility index (Phi) is 2.10. The van der Waals surface area contributed by atoms with Crippen molar-refractivity contribution in [3.8, 4) is 0 Å². The zero-order valence-corrected chi connectivity index (χ0v) is 9.45. The summed E-state index contributed by atoms with van der Waals surface area (Å²) >= 11 is 0. The number of likely N-dealkylation sites (tertiary alicyclic amines) is 1. The van der Waals surface area contributed by atoms with E-state index in [0.29, 0.717) is 5.41 Å². The third-order valence-corrected chi connectivity index (χ3v) is 4.43. The van der Waals surface area contributed by atoms with Crippen LogP contribution >= 0.6 is 0 Å². The predicted octanol–water partition coefficient (Wildman–Crippen LogP) is 3.06. The molecule has 2 unspecified atom stereocenters. The van der Waals surface area contributed by atoms with Crippen molar-refractivity contribution in [2.75, 3.05) is 6.54 Å². The van der Waals surface area contributed by atoms with Gasteiger partial charge in [0.15, 0.2) is 0 Å². The zero-order valence-electron chi connectivity index (χ0n) is 9.45. The van der Waals surface area contributed by atoms with E-state index in [1.54, 1.807) is 0 Å². The number of benzene rings is 1. The van der Waals surface area contributed by atoms with Crippen molar-refractivity contribution in [2.24, 2.45) is 5.41 Å². The first-order chi connectivity index (χ1) is 7.28. The molecule has 15 heavy (non-hydrogen) atoms. The molecular formula is C14H19N. The van der Waals surface area contributed by atoms with E-state index in [1.165, 1.54) is 31.4 Å². The fourth-order valence-corrected chi connectivity index (χ4v) is 3.24. The van der Waals surface area contributed by atoms with E-state index in [4.69, 9.17) is 0 Å². The number of hydrogen-bond acceptors (Lipinski definition) is 1. The second kappa shape index (κ2) is 3.34. The van der Waals surface area contributed by atoms with Crippen LogP contribution < -0.4 is 0 Å². The lowest BCUT2D eigenvalue weighted by Crippen LogP contribution is -2.45. The van der Waals surface area contributed by atoms with Gasteiger partial charge in [-0.15, -0.1) is 0 Å². The first-order valence-corrected chi connectivity index (χ1v) is 6.06. The van der Waals surface area contributed by atoms with Gasteiger partial charge in [0.25, 0.3) is 0 Å². The van der Waals surface area contributed by atoms with Gasteiger partial charge in [0.2, 0.25) is 0 Å². The molecule has 0 amide bonds. The third-order valence-electron chi connectivity index (χ3n) is 4.43. The van der Waals surface area contributed by atoms with Crippen molar-refractivity contribution in [1.82, 2.24) is 4.90 Å². The molecule has 1 heterocycles. The van der Waals surface area contributed by atoms with Gasteiger partial charge in [0.05, 0.1) is 0 Å². The molecule has 0 aromatic heterocycles. The highest BCUT2D eigenvalue weighted by molar-refractivity contribution is 5.16. The number of hydrogen-bond donors (Lipinski definition) is 0. The van der Waals surface area contributed by atoms with E-state index in [1.807, 2.05) is 0 Å². The first-order valence-electron chi connectivity index (χ1n) is 6.06. The maximum absolute atomic E-state index is 2.68. The van der Waals surface area contributed by atoms with Gasteiger partial charge in [-0.2, -0.15) is 0 Å². The van der Waals surface area contributed by atoms with Gasteiger partial charge in [-0.3, -0.25) is 4.90 Å². The smallest absolute Gasteiger partial charge is 0.0236 e. The summed E-state index contributed by atoms with van der Waals surface area (Å²) in [4.78, 5) is 2.68. The van der Waals surface area contributed by atoms with Gasteiger partial charge in [0.1, 0.15) is 0 Å². The van der Waals surface area contributed by atoms with Crippen LogP contribution in [0.3, 0.4) is 0 Å². The molecule has 3 rings (SSSR count). The molecule has 1 aromatic rings. The summed E-state index contributed by atoms with van der Waals surface area (Å²) in [6.07, 6.45) is 4.27. The number of fused-ring (bicyclic) bond motifs is 1. The lowest BCUT2D eigenvalue weighted by atomic mass is 9.66. The summed E-state index contributed by atoms with van der Waals surface area (Å²) in [5.41, 5.74) is 2.13. The number of nitrogens with zero attached hydrogens (tertiary/aromatic N) is 1. The second-order valence-electron chi connectivity index (χ2n) is 5.41. The van der Waals surface area contributed by atoms with E-state index in [0.717, 1.165) is 12.6 Å². The van der Waals surface area contributed by atoms with Gasteiger partial charge in [-0.25, -0.2) is 0 Å². The van der Waals surface area contributed by atoms with Gasteiger partial charge in [0, 0.05) is 12.6 Å². The van der Waals surface area contributed by atoms with Crippen molar-refractivity contribution < 1.29 is 0 Å². The Morgan fingerprint density at radius 1 is 1.27 bits per heavy atom. The fourth-order valence-electron chi connectivity index (χ4n) is 3.24. The molecule has 1 saturated carbocycles. The van der Waals surface area contributed by atoms with E-state index < -0.39 is 0 Å². The molecular weight excluding hydrogens is 182 g/mol. The van der Waals surface area contributed by atoms with Crippen molar-refractivity contribution in [1.29, 1.82) is 0 Å². The molecule has 2 aliphatic rings. The van der Waals surface area contributed by atoms with Gasteiger partial charge in [-0.05, 0) is 36.8 Å². The van der Waals surface area contributed by atoms with E-state index in [-0.39, 0.29) is 0 Å². The van der Waals surface area contributed by atoms with Crippen LogP contribution in [0.15, 0.2) is 30.3 Å². The largest absolute Gasteiger partial charge is 0.296 e. The lowest BCUT2D eigenvalue weighted by molar-refractivity contribution is 0.0580. The van der Waals surface area contributed by atoms with E-state index in [2.05, 4.69) is 42.2 Å². The molecule has 2 fully saturated rings. The second-order valence-corrected chi connectivity index (χ2v) is 5.41. The molecule has 1 saturated heterocycles. The Labute approximate surface area is 92.1 Å². The Morgan fingerprint density at radius 2 is 2.07 bits per heavy atom. The van der Waals surface area contributed by atoms with Gasteiger partial charge >= 0.3 is 0 Å². The average Bonchev–Trinajstić information content (AvgIpc) is 2.44. The Hall–Kier alpha value is -0.820. The maximum Gasteiger partial charge on any atom is 0.0236 e. The minimum atomic E-state index is 0.661. The molecule has 1 aliphatic carbocycles. The molecule has 0 N–H and O–H groups in total. The highest BCUT2D eigenvalue weighted by atomic mass is 15.2. The summed E-state index contributed by atoms with van der Waals surface area (Å²) in [6, 6.07) is 11.7. The van der Waals surface area contributed by atoms with Crippen LogP contribution in [-0.4, -0.2) is 17.5 Å². The summed E-state index contributed by atoms with van der Waals surface area (Å²) in [5.74, 6) is 0. The van der Waals surface area contributed by atoms with Crippen molar-refractivity contribution in [3.63, 3.8) is 0 Å². The monoisotopic (exact) mass is 201 g/mol. The average molecular weight is 201 g/mol.